The van der Waals surface area contributed by atoms with Crippen LogP contribution in [-0.2, 0) is 4.74 Å². The molecule has 2 bridgehead atoms. The van der Waals surface area contributed by atoms with Gasteiger partial charge < -0.3 is 9.84 Å². The van der Waals surface area contributed by atoms with E-state index in [4.69, 9.17) is 4.74 Å². The Morgan fingerprint density at radius 3 is 2.50 bits per heavy atom. The molecule has 1 heterocycles. The second-order valence-corrected chi connectivity index (χ2v) is 11.9. The van der Waals surface area contributed by atoms with Crippen LogP contribution in [0.1, 0.15) is 65.7 Å². The molecule has 3 saturated carbocycles. The molecule has 5 heteroatoms. The predicted octanol–water partition coefficient (Wildman–Crippen LogP) is 5.69. The van der Waals surface area contributed by atoms with Crippen LogP contribution in [0.3, 0.4) is 0 Å². The lowest BCUT2D eigenvalue weighted by Gasteiger charge is -2.40. The molecule has 164 valence electrons. The van der Waals surface area contributed by atoms with Crippen molar-refractivity contribution in [1.29, 1.82) is 0 Å². The highest BCUT2D eigenvalue weighted by Crippen LogP contribution is 2.69. The second-order valence-electron chi connectivity index (χ2n) is 10.7. The van der Waals surface area contributed by atoms with Gasteiger partial charge in [0, 0.05) is 10.3 Å². The van der Waals surface area contributed by atoms with E-state index in [1.54, 1.807) is 11.8 Å². The number of benzene rings is 1. The summed E-state index contributed by atoms with van der Waals surface area (Å²) in [6.07, 6.45) is 7.16. The molecule has 4 fully saturated rings. The lowest BCUT2D eigenvalue weighted by atomic mass is 9.70. The number of amides is 1. The smallest absolute Gasteiger partial charge is 0.411 e. The molecule has 30 heavy (non-hydrogen) atoms. The number of hydrogen-bond donors (Lipinski definition) is 1. The van der Waals surface area contributed by atoms with Crippen LogP contribution in [-0.4, -0.2) is 39.7 Å². The number of fused-ring (bicyclic) bond motifs is 5. The maximum absolute atomic E-state index is 13.3. The van der Waals surface area contributed by atoms with Crippen molar-refractivity contribution in [3.05, 3.63) is 30.3 Å². The summed E-state index contributed by atoms with van der Waals surface area (Å²) in [5.74, 6) is 0.686. The zero-order valence-electron chi connectivity index (χ0n) is 18.4. The van der Waals surface area contributed by atoms with Gasteiger partial charge in [-0.2, -0.15) is 0 Å². The first-order valence-electron chi connectivity index (χ1n) is 11.7. The molecule has 1 aromatic rings. The van der Waals surface area contributed by atoms with Crippen LogP contribution in [0.2, 0.25) is 0 Å². The van der Waals surface area contributed by atoms with Gasteiger partial charge >= 0.3 is 6.09 Å². The number of nitrogens with zero attached hydrogens (tertiary/aromatic N) is 1. The summed E-state index contributed by atoms with van der Waals surface area (Å²) >= 11 is 1.64. The molecule has 1 aromatic carbocycles. The molecule has 3 aliphatic carbocycles. The lowest BCUT2D eigenvalue weighted by molar-refractivity contribution is 0.0139. The maximum Gasteiger partial charge on any atom is 0.411 e. The maximum atomic E-state index is 13.3. The third-order valence-electron chi connectivity index (χ3n) is 9.18. The van der Waals surface area contributed by atoms with Crippen LogP contribution < -0.4 is 0 Å². The molecular weight excluding hydrogens is 394 g/mol. The second kappa shape index (κ2) is 7.44. The SMILES string of the molecule is CC1(C)[C@@H]2CC[C@@]1(C)[C@@H]1OC(=O)N([C@H](Sc3ccccc3)[C@H](O)C3CCCCC3)[C@H]21. The van der Waals surface area contributed by atoms with Crippen molar-refractivity contribution >= 4 is 17.9 Å². The van der Waals surface area contributed by atoms with Crippen molar-refractivity contribution < 1.29 is 14.6 Å². The van der Waals surface area contributed by atoms with Gasteiger partial charge in [0.1, 0.15) is 11.5 Å². The van der Waals surface area contributed by atoms with E-state index in [-0.39, 0.29) is 40.4 Å². The molecule has 0 aromatic heterocycles. The van der Waals surface area contributed by atoms with Gasteiger partial charge in [0.15, 0.2) is 0 Å². The van der Waals surface area contributed by atoms with E-state index in [9.17, 15) is 9.90 Å². The van der Waals surface area contributed by atoms with E-state index in [0.717, 1.165) is 30.6 Å². The van der Waals surface area contributed by atoms with E-state index in [2.05, 4.69) is 32.9 Å². The molecule has 0 spiro atoms. The van der Waals surface area contributed by atoms with Crippen molar-refractivity contribution in [2.24, 2.45) is 22.7 Å². The molecule has 0 radical (unpaired) electrons. The Balaban J connectivity index is 1.49. The van der Waals surface area contributed by atoms with E-state index in [0.29, 0.717) is 5.92 Å². The largest absolute Gasteiger partial charge is 0.443 e. The van der Waals surface area contributed by atoms with Gasteiger partial charge in [-0.05, 0) is 55.1 Å². The highest BCUT2D eigenvalue weighted by atomic mass is 32.2. The first kappa shape index (κ1) is 20.7. The number of carbonyl (C=O) groups is 1. The highest BCUT2D eigenvalue weighted by Gasteiger charge is 2.73. The van der Waals surface area contributed by atoms with Crippen molar-refractivity contribution in [2.75, 3.05) is 0 Å². The minimum Gasteiger partial charge on any atom is -0.443 e. The zero-order valence-corrected chi connectivity index (χ0v) is 19.2. The minimum atomic E-state index is -0.531. The normalized spacial score (nSPS) is 37.1. The first-order chi connectivity index (χ1) is 14.3. The number of hydrogen-bond acceptors (Lipinski definition) is 4. The number of thioether (sulfide) groups is 1. The van der Waals surface area contributed by atoms with E-state index in [1.807, 2.05) is 23.1 Å². The number of aliphatic hydroxyl groups is 1. The highest BCUT2D eigenvalue weighted by molar-refractivity contribution is 8.00. The van der Waals surface area contributed by atoms with Crippen LogP contribution in [0.5, 0.6) is 0 Å². The Labute approximate surface area is 184 Å². The molecule has 1 amide bonds. The van der Waals surface area contributed by atoms with Crippen molar-refractivity contribution in [1.82, 2.24) is 4.90 Å². The Bertz CT molecular complexity index is 793. The predicted molar refractivity (Wildman–Crippen MR) is 119 cm³/mol. The quantitative estimate of drug-likeness (QED) is 0.611. The molecular formula is C25H35NO3S. The van der Waals surface area contributed by atoms with Crippen LogP contribution in [0, 0.1) is 22.7 Å². The van der Waals surface area contributed by atoms with Gasteiger partial charge in [0.25, 0.3) is 0 Å². The molecule has 1 aliphatic heterocycles. The summed E-state index contributed by atoms with van der Waals surface area (Å²) in [4.78, 5) is 16.3. The third kappa shape index (κ3) is 2.95. The van der Waals surface area contributed by atoms with Crippen LogP contribution in [0.25, 0.3) is 0 Å². The summed E-state index contributed by atoms with van der Waals surface area (Å²) in [5, 5.41) is 11.3. The Hall–Kier alpha value is -1.20. The summed E-state index contributed by atoms with van der Waals surface area (Å²) in [6, 6.07) is 10.3. The Morgan fingerprint density at radius 2 is 1.80 bits per heavy atom. The standard InChI is InChI=1S/C25H35NO3S/c1-24(2)18-14-15-25(24,3)21-19(18)26(23(28)29-21)22(30-17-12-8-5-9-13-17)20(27)16-10-6-4-7-11-16/h5,8-9,12-13,16,18-22,27H,4,6-7,10-11,14-15H2,1-3H3/t18-,19-,20-,21-,22-,25+/m1/s1. The van der Waals surface area contributed by atoms with Gasteiger partial charge in [-0.15, -0.1) is 0 Å². The topological polar surface area (TPSA) is 49.8 Å². The number of carbonyl (C=O) groups excluding carboxylic acids is 1. The fourth-order valence-electron chi connectivity index (χ4n) is 7.00. The van der Waals surface area contributed by atoms with Gasteiger partial charge in [-0.1, -0.05) is 70.0 Å². The summed E-state index contributed by atoms with van der Waals surface area (Å²) in [5.41, 5.74) is 0.156. The van der Waals surface area contributed by atoms with E-state index in [1.165, 1.54) is 19.3 Å². The zero-order chi connectivity index (χ0) is 21.1. The van der Waals surface area contributed by atoms with Gasteiger partial charge in [-0.25, -0.2) is 4.79 Å². The Kier molecular flexibility index (Phi) is 5.13. The average molecular weight is 430 g/mol. The average Bonchev–Trinajstić information content (AvgIpc) is 3.26. The van der Waals surface area contributed by atoms with Gasteiger partial charge in [0.05, 0.1) is 12.1 Å². The monoisotopic (exact) mass is 429 g/mol. The molecule has 6 atom stereocenters. The molecule has 0 unspecified atom stereocenters. The molecule has 1 N–H and O–H groups in total. The summed E-state index contributed by atoms with van der Waals surface area (Å²) in [7, 11) is 0. The first-order valence-corrected chi connectivity index (χ1v) is 12.6. The van der Waals surface area contributed by atoms with E-state index >= 15 is 0 Å². The van der Waals surface area contributed by atoms with E-state index < -0.39 is 6.10 Å². The fraction of sp³-hybridized carbons (Fsp3) is 0.720. The van der Waals surface area contributed by atoms with Gasteiger partial charge in [0.2, 0.25) is 0 Å². The van der Waals surface area contributed by atoms with Crippen LogP contribution in [0.15, 0.2) is 35.2 Å². The number of aliphatic hydroxyl groups excluding tert-OH is 1. The molecule has 4 nitrogen and oxygen atoms in total. The van der Waals surface area contributed by atoms with Crippen LogP contribution in [0.4, 0.5) is 4.79 Å². The van der Waals surface area contributed by atoms with Crippen molar-refractivity contribution in [2.45, 2.75) is 94.2 Å². The fourth-order valence-corrected chi connectivity index (χ4v) is 8.29. The van der Waals surface area contributed by atoms with Crippen molar-refractivity contribution in [3.8, 4) is 0 Å². The summed E-state index contributed by atoms with van der Waals surface area (Å²) < 4.78 is 6.09. The van der Waals surface area contributed by atoms with Crippen molar-refractivity contribution in [3.63, 3.8) is 0 Å². The molecule has 5 rings (SSSR count). The molecule has 4 aliphatic rings. The van der Waals surface area contributed by atoms with Crippen LogP contribution >= 0.6 is 11.8 Å². The Morgan fingerprint density at radius 1 is 1.10 bits per heavy atom. The minimum absolute atomic E-state index is 0.0184. The molecule has 1 saturated heterocycles. The third-order valence-corrected chi connectivity index (χ3v) is 10.5. The number of rotatable bonds is 5. The lowest BCUT2D eigenvalue weighted by Crippen LogP contribution is -2.52. The summed E-state index contributed by atoms with van der Waals surface area (Å²) in [6.45, 7) is 7.02. The number of ether oxygens (including phenoxy) is 1. The van der Waals surface area contributed by atoms with Gasteiger partial charge in [-0.3, -0.25) is 4.90 Å².